The first kappa shape index (κ1) is 26.6. The van der Waals surface area contributed by atoms with Crippen molar-refractivity contribution in [2.24, 2.45) is 17.8 Å². The zero-order chi connectivity index (χ0) is 25.9. The molecule has 0 aromatic rings. The molecule has 3 fully saturated rings. The van der Waals surface area contributed by atoms with Gasteiger partial charge in [0.2, 0.25) is 11.8 Å². The lowest BCUT2D eigenvalue weighted by Crippen LogP contribution is -2.54. The molecular weight excluding hydrogens is 473 g/mol. The Labute approximate surface area is 199 Å². The van der Waals surface area contributed by atoms with Crippen molar-refractivity contribution in [3.63, 3.8) is 0 Å². The lowest BCUT2D eigenvalue weighted by molar-refractivity contribution is -0.321. The van der Waals surface area contributed by atoms with E-state index in [9.17, 15) is 37.5 Å². The molecule has 0 bridgehead atoms. The molecule has 1 aliphatic carbocycles. The normalized spacial score (nSPS) is 27.4. The summed E-state index contributed by atoms with van der Waals surface area (Å²) in [7, 11) is 0. The summed E-state index contributed by atoms with van der Waals surface area (Å²) in [6.45, 7) is 0.533. The molecule has 2 aliphatic heterocycles. The number of ether oxygens (including phenoxy) is 1. The van der Waals surface area contributed by atoms with Crippen LogP contribution < -0.4 is 10.6 Å². The third-order valence-corrected chi connectivity index (χ3v) is 6.77. The van der Waals surface area contributed by atoms with Crippen LogP contribution in [0, 0.1) is 23.2 Å². The standard InChI is InChI=1S/C22H29F3N4O6/c1-11(30)7-15(26)21(34)29-9-13-3-2-4-14(13)18(29)20(33)28-16(8-12-5-6-27-19(12)32)17(31)10-35-22(23,24)25/h7,12-14,16,18,26,30H,2-6,8-10H2,1H3,(H,27,32)(H,28,33)/b11-7-,26-15?/t12-,13-,14-,16-,18-/m0/s1. The number of halogens is 3. The molecule has 5 atom stereocenters. The Bertz CT molecular complexity index is 917. The maximum Gasteiger partial charge on any atom is 0.522 e. The van der Waals surface area contributed by atoms with Gasteiger partial charge in [0.25, 0.3) is 5.91 Å². The van der Waals surface area contributed by atoms with E-state index in [0.29, 0.717) is 19.4 Å². The number of Topliss-reactive ketones (excluding diaryl/α,β-unsaturated/α-hetero) is 1. The Kier molecular flexibility index (Phi) is 8.18. The quantitative estimate of drug-likeness (QED) is 0.275. The number of carbonyl (C=O) groups excluding carboxylic acids is 4. The van der Waals surface area contributed by atoms with Crippen LogP contribution in [0.3, 0.4) is 0 Å². The van der Waals surface area contributed by atoms with Gasteiger partial charge in [-0.05, 0) is 44.4 Å². The van der Waals surface area contributed by atoms with E-state index in [1.807, 2.05) is 0 Å². The van der Waals surface area contributed by atoms with Crippen LogP contribution in [0.1, 0.15) is 39.0 Å². The maximum absolute atomic E-state index is 13.4. The summed E-state index contributed by atoms with van der Waals surface area (Å²) in [5, 5.41) is 22.4. The summed E-state index contributed by atoms with van der Waals surface area (Å²) < 4.78 is 41.1. The predicted octanol–water partition coefficient (Wildman–Crippen LogP) is 1.21. The second-order valence-corrected chi connectivity index (χ2v) is 9.23. The van der Waals surface area contributed by atoms with E-state index in [2.05, 4.69) is 15.4 Å². The number of likely N-dealkylation sites (tertiary alicyclic amines) is 1. The average Bonchev–Trinajstić information content (AvgIpc) is 3.46. The Balaban J connectivity index is 1.80. The highest BCUT2D eigenvalue weighted by Gasteiger charge is 2.50. The number of ketones is 1. The molecule has 13 heteroatoms. The molecule has 3 amide bonds. The first-order valence-electron chi connectivity index (χ1n) is 11.5. The van der Waals surface area contributed by atoms with Gasteiger partial charge in [-0.25, -0.2) is 0 Å². The number of hydrogen-bond acceptors (Lipinski definition) is 7. The number of amides is 3. The number of alkyl halides is 3. The van der Waals surface area contributed by atoms with Crippen LogP contribution in [-0.4, -0.2) is 77.4 Å². The second-order valence-electron chi connectivity index (χ2n) is 9.23. The third-order valence-electron chi connectivity index (χ3n) is 6.77. The Hall–Kier alpha value is -2.96. The number of nitrogens with one attached hydrogen (secondary N) is 3. The van der Waals surface area contributed by atoms with Gasteiger partial charge < -0.3 is 20.6 Å². The van der Waals surface area contributed by atoms with Gasteiger partial charge in [0.05, 0.1) is 11.8 Å². The molecule has 2 saturated heterocycles. The van der Waals surface area contributed by atoms with Gasteiger partial charge >= 0.3 is 6.36 Å². The average molecular weight is 502 g/mol. The molecule has 3 aliphatic rings. The van der Waals surface area contributed by atoms with Crippen LogP contribution in [0.2, 0.25) is 0 Å². The van der Waals surface area contributed by atoms with Gasteiger partial charge in [-0.3, -0.25) is 29.3 Å². The third kappa shape index (κ3) is 6.59. The lowest BCUT2D eigenvalue weighted by Gasteiger charge is -2.29. The van der Waals surface area contributed by atoms with E-state index in [-0.39, 0.29) is 36.5 Å². The number of hydrogen-bond donors (Lipinski definition) is 4. The van der Waals surface area contributed by atoms with Crippen LogP contribution >= 0.6 is 0 Å². The Morgan fingerprint density at radius 3 is 2.63 bits per heavy atom. The lowest BCUT2D eigenvalue weighted by atomic mass is 9.92. The zero-order valence-corrected chi connectivity index (χ0v) is 19.2. The van der Waals surface area contributed by atoms with Gasteiger partial charge in [-0.1, -0.05) is 6.42 Å². The molecule has 0 spiro atoms. The summed E-state index contributed by atoms with van der Waals surface area (Å²) in [5.74, 6) is -4.05. The number of aliphatic hydroxyl groups is 1. The summed E-state index contributed by atoms with van der Waals surface area (Å²) >= 11 is 0. The Morgan fingerprint density at radius 1 is 1.31 bits per heavy atom. The number of carbonyl (C=O) groups is 4. The molecule has 35 heavy (non-hydrogen) atoms. The summed E-state index contributed by atoms with van der Waals surface area (Å²) in [6.07, 6.45) is -1.68. The molecule has 2 heterocycles. The van der Waals surface area contributed by atoms with Crippen molar-refractivity contribution in [3.05, 3.63) is 11.8 Å². The molecule has 194 valence electrons. The summed E-state index contributed by atoms with van der Waals surface area (Å²) in [4.78, 5) is 52.1. The molecule has 1 saturated carbocycles. The van der Waals surface area contributed by atoms with Gasteiger partial charge in [-0.2, -0.15) is 0 Å². The fraction of sp³-hybridized carbons (Fsp3) is 0.682. The maximum atomic E-state index is 13.4. The summed E-state index contributed by atoms with van der Waals surface area (Å²) in [6, 6.07) is -2.45. The van der Waals surface area contributed by atoms with Crippen molar-refractivity contribution < 1.29 is 42.2 Å². The molecule has 3 rings (SSSR count). The predicted molar refractivity (Wildman–Crippen MR) is 115 cm³/mol. The van der Waals surface area contributed by atoms with Crippen LogP contribution in [0.4, 0.5) is 13.2 Å². The molecule has 0 aromatic heterocycles. The van der Waals surface area contributed by atoms with E-state index in [4.69, 9.17) is 5.41 Å². The fourth-order valence-corrected chi connectivity index (χ4v) is 5.21. The minimum Gasteiger partial charge on any atom is -0.513 e. The van der Waals surface area contributed by atoms with Crippen molar-refractivity contribution in [1.82, 2.24) is 15.5 Å². The number of aliphatic hydroxyl groups excluding tert-OH is 1. The van der Waals surface area contributed by atoms with E-state index in [0.717, 1.165) is 18.9 Å². The van der Waals surface area contributed by atoms with Gasteiger partial charge in [-0.15, -0.1) is 13.2 Å². The van der Waals surface area contributed by atoms with Crippen molar-refractivity contribution in [3.8, 4) is 0 Å². The smallest absolute Gasteiger partial charge is 0.513 e. The van der Waals surface area contributed by atoms with Crippen molar-refractivity contribution >= 4 is 29.2 Å². The van der Waals surface area contributed by atoms with Crippen LogP contribution in [-0.2, 0) is 23.9 Å². The van der Waals surface area contributed by atoms with Crippen molar-refractivity contribution in [2.75, 3.05) is 19.7 Å². The van der Waals surface area contributed by atoms with Crippen LogP contribution in [0.25, 0.3) is 0 Å². The molecule has 0 aromatic carbocycles. The molecular formula is C22H29F3N4O6. The molecule has 4 N–H and O–H groups in total. The first-order valence-corrected chi connectivity index (χ1v) is 11.5. The van der Waals surface area contributed by atoms with E-state index in [1.165, 1.54) is 11.8 Å². The number of rotatable bonds is 9. The van der Waals surface area contributed by atoms with E-state index >= 15 is 0 Å². The number of allylic oxidation sites excluding steroid dienone is 1. The van der Waals surface area contributed by atoms with Crippen molar-refractivity contribution in [1.29, 1.82) is 5.41 Å². The van der Waals surface area contributed by atoms with Gasteiger partial charge in [0.15, 0.2) is 5.78 Å². The number of fused-ring (bicyclic) bond motifs is 1. The second kappa shape index (κ2) is 10.8. The number of nitrogens with zero attached hydrogens (tertiary/aromatic N) is 1. The van der Waals surface area contributed by atoms with E-state index in [1.54, 1.807) is 0 Å². The summed E-state index contributed by atoms with van der Waals surface area (Å²) in [5.41, 5.74) is -0.517. The van der Waals surface area contributed by atoms with Crippen LogP contribution in [0.5, 0.6) is 0 Å². The minimum atomic E-state index is -5.04. The highest BCUT2D eigenvalue weighted by Crippen LogP contribution is 2.42. The van der Waals surface area contributed by atoms with Crippen LogP contribution in [0.15, 0.2) is 11.8 Å². The molecule has 0 unspecified atom stereocenters. The van der Waals surface area contributed by atoms with E-state index < -0.39 is 54.3 Å². The monoisotopic (exact) mass is 502 g/mol. The zero-order valence-electron chi connectivity index (χ0n) is 19.2. The molecule has 0 radical (unpaired) electrons. The Morgan fingerprint density at radius 2 is 2.03 bits per heavy atom. The minimum absolute atomic E-state index is 0.00465. The molecule has 10 nitrogen and oxygen atoms in total. The highest BCUT2D eigenvalue weighted by atomic mass is 19.4. The van der Waals surface area contributed by atoms with Crippen molar-refractivity contribution in [2.45, 2.75) is 57.5 Å². The highest BCUT2D eigenvalue weighted by molar-refractivity contribution is 6.42. The van der Waals surface area contributed by atoms with Gasteiger partial charge in [0.1, 0.15) is 18.4 Å². The largest absolute Gasteiger partial charge is 0.522 e. The fourth-order valence-electron chi connectivity index (χ4n) is 5.21. The topological polar surface area (TPSA) is 149 Å². The van der Waals surface area contributed by atoms with Gasteiger partial charge in [0, 0.05) is 25.1 Å². The SMILES string of the molecule is C/C(O)=C/C(=N)C(=O)N1C[C@@H]2CCC[C@@H]2[C@H]1C(=O)N[C@@H](C[C@@H]1CCNC1=O)C(=O)COC(F)(F)F. The first-order chi connectivity index (χ1) is 16.4.